The molecule has 5 rings (SSSR count). The van der Waals surface area contributed by atoms with E-state index in [1.807, 2.05) is 0 Å². The Bertz CT molecular complexity index is 1400. The van der Waals surface area contributed by atoms with Crippen molar-refractivity contribution in [1.82, 2.24) is 15.1 Å². The Balaban J connectivity index is 1.19. The van der Waals surface area contributed by atoms with E-state index in [1.54, 1.807) is 44.2 Å². The van der Waals surface area contributed by atoms with Gasteiger partial charge < -0.3 is 30.3 Å². The van der Waals surface area contributed by atoms with Crippen LogP contribution in [-0.2, 0) is 43.3 Å². The summed E-state index contributed by atoms with van der Waals surface area (Å²) < 4.78 is 33.3. The number of β-lactam (4-membered cyclic amide) rings is 2. The lowest BCUT2D eigenvalue weighted by Gasteiger charge is -2.44. The minimum Gasteiger partial charge on any atom is -0.426 e. The molecule has 15 heteroatoms. The zero-order chi connectivity index (χ0) is 29.4. The van der Waals surface area contributed by atoms with Crippen molar-refractivity contribution in [2.45, 2.75) is 78.5 Å². The second-order valence-electron chi connectivity index (χ2n) is 11.2. The summed E-state index contributed by atoms with van der Waals surface area (Å²) in [5.74, 6) is -3.32. The van der Waals surface area contributed by atoms with Crippen LogP contribution in [0, 0.1) is 0 Å². The molecule has 1 aromatic rings. The van der Waals surface area contributed by atoms with Crippen molar-refractivity contribution in [2.24, 2.45) is 5.73 Å². The number of carbonyl (C=O) groups excluding carboxylic acids is 5. The molecule has 4 heterocycles. The molecule has 4 saturated heterocycles. The fourth-order valence-electron chi connectivity index (χ4n) is 5.69. The first-order chi connectivity index (χ1) is 18.6. The summed E-state index contributed by atoms with van der Waals surface area (Å²) >= 11 is 1.31. The summed E-state index contributed by atoms with van der Waals surface area (Å²) in [4.78, 5) is 65.9. The number of esters is 2. The van der Waals surface area contributed by atoms with Crippen LogP contribution in [0.3, 0.4) is 0 Å². The highest BCUT2D eigenvalue weighted by Crippen LogP contribution is 2.51. The number of sulfone groups is 1. The molecule has 6 atom stereocenters. The van der Waals surface area contributed by atoms with Gasteiger partial charge in [-0.1, -0.05) is 30.3 Å². The monoisotopic (exact) mass is 594 g/mol. The lowest BCUT2D eigenvalue weighted by Crippen LogP contribution is -2.71. The van der Waals surface area contributed by atoms with Crippen LogP contribution in [0.2, 0.25) is 0 Å². The number of hydrogen-bond donors (Lipinski definition) is 2. The molecule has 0 aliphatic carbocycles. The minimum absolute atomic E-state index is 0.191. The van der Waals surface area contributed by atoms with E-state index >= 15 is 0 Å². The summed E-state index contributed by atoms with van der Waals surface area (Å²) in [5, 5.41) is 1.07. The van der Waals surface area contributed by atoms with E-state index < -0.39 is 90.7 Å². The zero-order valence-electron chi connectivity index (χ0n) is 22.2. The quantitative estimate of drug-likeness (QED) is 0.234. The van der Waals surface area contributed by atoms with Crippen LogP contribution in [0.1, 0.15) is 45.7 Å². The summed E-state index contributed by atoms with van der Waals surface area (Å²) in [7, 11) is -3.80. The van der Waals surface area contributed by atoms with Crippen LogP contribution in [0.5, 0.6) is 0 Å². The van der Waals surface area contributed by atoms with Gasteiger partial charge in [-0.3, -0.25) is 14.4 Å². The number of hydrogen-bond acceptors (Lipinski definition) is 11. The third kappa shape index (κ3) is 4.08. The van der Waals surface area contributed by atoms with Crippen molar-refractivity contribution in [1.29, 1.82) is 0 Å². The molecule has 0 saturated carbocycles. The number of nitrogens with zero attached hydrogens (tertiary/aromatic N) is 2. The SMILES string of the molecule is CC1(C)S[C@@H]2[C@H](NC(=O)[C@H](N)c3ccccc3)C(=O)N2[C@H]1C(=O)OCOC(=O)C1N2C(=O)CC2S(=O)(=O)C1(C)C. The van der Waals surface area contributed by atoms with Crippen LogP contribution in [-0.4, -0.2) is 93.0 Å². The molecule has 216 valence electrons. The van der Waals surface area contributed by atoms with Crippen molar-refractivity contribution in [3.8, 4) is 0 Å². The lowest BCUT2D eigenvalue weighted by atomic mass is 9.95. The van der Waals surface area contributed by atoms with Gasteiger partial charge >= 0.3 is 11.9 Å². The second kappa shape index (κ2) is 9.45. The van der Waals surface area contributed by atoms with E-state index in [0.717, 1.165) is 4.90 Å². The van der Waals surface area contributed by atoms with Crippen LogP contribution in [0.15, 0.2) is 30.3 Å². The van der Waals surface area contributed by atoms with Gasteiger partial charge in [-0.15, -0.1) is 11.8 Å². The van der Waals surface area contributed by atoms with Gasteiger partial charge in [0.15, 0.2) is 9.84 Å². The maximum absolute atomic E-state index is 13.0. The third-order valence-electron chi connectivity index (χ3n) is 8.00. The number of ether oxygens (including phenoxy) is 2. The number of thioether (sulfide) groups is 1. The minimum atomic E-state index is -3.80. The molecule has 0 radical (unpaired) electrons. The number of carbonyl (C=O) groups is 5. The molecular formula is C25H30N4O9S2. The van der Waals surface area contributed by atoms with Crippen molar-refractivity contribution in [3.05, 3.63) is 35.9 Å². The number of benzene rings is 1. The van der Waals surface area contributed by atoms with Gasteiger partial charge in [0, 0.05) is 4.75 Å². The average molecular weight is 595 g/mol. The fraction of sp³-hybridized carbons (Fsp3) is 0.560. The van der Waals surface area contributed by atoms with Gasteiger partial charge in [-0.2, -0.15) is 0 Å². The molecule has 4 fully saturated rings. The van der Waals surface area contributed by atoms with Crippen LogP contribution < -0.4 is 11.1 Å². The van der Waals surface area contributed by atoms with Gasteiger partial charge in [0.1, 0.15) is 34.9 Å². The van der Waals surface area contributed by atoms with Gasteiger partial charge in [0.25, 0.3) is 0 Å². The lowest BCUT2D eigenvalue weighted by molar-refractivity contribution is -0.181. The van der Waals surface area contributed by atoms with Crippen molar-refractivity contribution >= 4 is 51.3 Å². The van der Waals surface area contributed by atoms with Gasteiger partial charge in [0.2, 0.25) is 24.5 Å². The Morgan fingerprint density at radius 1 is 1.05 bits per heavy atom. The third-order valence-corrected chi connectivity index (χ3v) is 12.4. The second-order valence-corrected chi connectivity index (χ2v) is 15.6. The van der Waals surface area contributed by atoms with E-state index in [0.29, 0.717) is 5.56 Å². The van der Waals surface area contributed by atoms with Crippen LogP contribution >= 0.6 is 11.8 Å². The molecule has 0 spiro atoms. The van der Waals surface area contributed by atoms with E-state index in [9.17, 15) is 32.4 Å². The largest absolute Gasteiger partial charge is 0.426 e. The number of nitrogens with one attached hydrogen (secondary N) is 1. The van der Waals surface area contributed by atoms with E-state index in [4.69, 9.17) is 15.2 Å². The molecule has 0 bridgehead atoms. The molecule has 0 aromatic heterocycles. The molecule has 2 unspecified atom stereocenters. The fourth-order valence-corrected chi connectivity index (χ4v) is 9.44. The predicted molar refractivity (Wildman–Crippen MR) is 140 cm³/mol. The maximum Gasteiger partial charge on any atom is 0.333 e. The molecule has 13 nitrogen and oxygen atoms in total. The Kier molecular flexibility index (Phi) is 6.70. The molecule has 4 aliphatic rings. The van der Waals surface area contributed by atoms with Crippen molar-refractivity contribution in [3.63, 3.8) is 0 Å². The van der Waals surface area contributed by atoms with Crippen molar-refractivity contribution in [2.75, 3.05) is 6.79 Å². The first-order valence-electron chi connectivity index (χ1n) is 12.6. The Hall–Kier alpha value is -3.17. The molecule has 1 aromatic carbocycles. The Morgan fingerprint density at radius 3 is 2.25 bits per heavy atom. The smallest absolute Gasteiger partial charge is 0.333 e. The topological polar surface area (TPSA) is 182 Å². The summed E-state index contributed by atoms with van der Waals surface area (Å²) in [6.45, 7) is 5.37. The number of nitrogens with two attached hydrogens (primary N) is 1. The Morgan fingerprint density at radius 2 is 1.65 bits per heavy atom. The Labute approximate surface area is 235 Å². The first-order valence-corrected chi connectivity index (χ1v) is 15.0. The molecule has 4 aliphatic heterocycles. The maximum atomic E-state index is 13.0. The summed E-state index contributed by atoms with van der Waals surface area (Å²) in [5.41, 5.74) is 6.64. The molecule has 40 heavy (non-hydrogen) atoms. The molecular weight excluding hydrogens is 564 g/mol. The highest BCUT2D eigenvalue weighted by molar-refractivity contribution is 8.01. The van der Waals surface area contributed by atoms with E-state index in [-0.39, 0.29) is 6.42 Å². The summed E-state index contributed by atoms with van der Waals surface area (Å²) in [6, 6.07) is 4.45. The van der Waals surface area contributed by atoms with Crippen molar-refractivity contribution < 1.29 is 41.9 Å². The number of amides is 3. The molecule has 3 amide bonds. The normalized spacial score (nSPS) is 31.3. The summed E-state index contributed by atoms with van der Waals surface area (Å²) in [6.07, 6.45) is -0.191. The number of rotatable bonds is 7. The standard InChI is InChI=1S/C25H30N4O9S2/c1-24(2)17(29-20(32)16(21(29)39-24)27-19(31)15(26)12-8-6-5-7-9-12)22(33)37-11-38-23(34)18-25(3,4)40(35,36)14-10-13(30)28(14)18/h5-9,14-18,21H,10-11,26H2,1-4H3,(H,27,31)/t14?,15-,16-,17+,18?,21-/m1/s1. The van der Waals surface area contributed by atoms with E-state index in [1.165, 1.54) is 30.5 Å². The highest BCUT2D eigenvalue weighted by atomic mass is 32.2. The van der Waals surface area contributed by atoms with Gasteiger partial charge in [-0.25, -0.2) is 18.0 Å². The van der Waals surface area contributed by atoms with Crippen LogP contribution in [0.4, 0.5) is 0 Å². The van der Waals surface area contributed by atoms with Crippen LogP contribution in [0.25, 0.3) is 0 Å². The van der Waals surface area contributed by atoms with Gasteiger partial charge in [0.05, 0.1) is 11.2 Å². The first kappa shape index (κ1) is 28.4. The number of fused-ring (bicyclic) bond motifs is 2. The van der Waals surface area contributed by atoms with E-state index in [2.05, 4.69) is 5.32 Å². The zero-order valence-corrected chi connectivity index (χ0v) is 23.9. The highest BCUT2D eigenvalue weighted by Gasteiger charge is 2.68. The molecule has 3 N–H and O–H groups in total. The average Bonchev–Trinajstić information content (AvgIpc) is 3.22. The van der Waals surface area contributed by atoms with Gasteiger partial charge in [-0.05, 0) is 33.3 Å². The predicted octanol–water partition coefficient (Wildman–Crippen LogP) is -0.589.